The SMILES string of the molecule is Cc1nn(C)c(Oc2cc(O)c(Cl)cc2Cl)c1CCCO. The molecule has 0 aliphatic rings. The average molecular weight is 331 g/mol. The van der Waals surface area contributed by atoms with Gasteiger partial charge < -0.3 is 14.9 Å². The van der Waals surface area contributed by atoms with Crippen LogP contribution in [0.4, 0.5) is 0 Å². The number of nitrogens with zero attached hydrogens (tertiary/aromatic N) is 2. The number of halogens is 2. The summed E-state index contributed by atoms with van der Waals surface area (Å²) in [6.45, 7) is 1.97. The zero-order valence-corrected chi connectivity index (χ0v) is 13.2. The van der Waals surface area contributed by atoms with Crippen LogP contribution in [0.1, 0.15) is 17.7 Å². The van der Waals surface area contributed by atoms with Crippen molar-refractivity contribution < 1.29 is 14.9 Å². The Balaban J connectivity index is 2.37. The fraction of sp³-hybridized carbons (Fsp3) is 0.357. The molecule has 2 N–H and O–H groups in total. The molecule has 1 heterocycles. The molecule has 114 valence electrons. The first-order chi connectivity index (χ1) is 9.93. The Morgan fingerprint density at radius 3 is 2.67 bits per heavy atom. The van der Waals surface area contributed by atoms with Gasteiger partial charge >= 0.3 is 0 Å². The third-order valence-electron chi connectivity index (χ3n) is 3.08. The molecule has 0 aliphatic carbocycles. The molecule has 0 saturated heterocycles. The number of aromatic hydroxyl groups is 1. The van der Waals surface area contributed by atoms with E-state index < -0.39 is 0 Å². The summed E-state index contributed by atoms with van der Waals surface area (Å²) in [7, 11) is 1.76. The summed E-state index contributed by atoms with van der Waals surface area (Å²) in [5, 5.41) is 23.4. The topological polar surface area (TPSA) is 67.5 Å². The van der Waals surface area contributed by atoms with Gasteiger partial charge in [0.05, 0.1) is 15.7 Å². The monoisotopic (exact) mass is 330 g/mol. The van der Waals surface area contributed by atoms with Crippen LogP contribution in [-0.2, 0) is 13.5 Å². The largest absolute Gasteiger partial charge is 0.506 e. The molecule has 5 nitrogen and oxygen atoms in total. The van der Waals surface area contributed by atoms with Crippen molar-refractivity contribution >= 4 is 23.2 Å². The van der Waals surface area contributed by atoms with Gasteiger partial charge in [0.15, 0.2) is 5.75 Å². The van der Waals surface area contributed by atoms with Gasteiger partial charge in [0.1, 0.15) is 5.75 Å². The smallest absolute Gasteiger partial charge is 0.221 e. The molecule has 2 rings (SSSR count). The van der Waals surface area contributed by atoms with Crippen molar-refractivity contribution in [2.75, 3.05) is 6.61 Å². The number of phenolic OH excluding ortho intramolecular Hbond substituents is 1. The van der Waals surface area contributed by atoms with Crippen LogP contribution in [0.3, 0.4) is 0 Å². The quantitative estimate of drug-likeness (QED) is 0.880. The number of aliphatic hydroxyl groups excluding tert-OH is 1. The molecule has 0 radical (unpaired) electrons. The first-order valence-corrected chi connectivity index (χ1v) is 7.18. The lowest BCUT2D eigenvalue weighted by Gasteiger charge is -2.11. The number of hydrogen-bond donors (Lipinski definition) is 2. The number of benzene rings is 1. The number of rotatable bonds is 5. The van der Waals surface area contributed by atoms with Crippen molar-refractivity contribution in [1.82, 2.24) is 9.78 Å². The molecule has 7 heteroatoms. The van der Waals surface area contributed by atoms with Crippen molar-refractivity contribution in [3.63, 3.8) is 0 Å². The van der Waals surface area contributed by atoms with E-state index in [1.54, 1.807) is 11.7 Å². The van der Waals surface area contributed by atoms with E-state index in [0.29, 0.717) is 29.5 Å². The first kappa shape index (κ1) is 15.9. The van der Waals surface area contributed by atoms with E-state index in [2.05, 4.69) is 5.10 Å². The summed E-state index contributed by atoms with van der Waals surface area (Å²) in [6.07, 6.45) is 1.26. The first-order valence-electron chi connectivity index (χ1n) is 6.43. The number of aromatic nitrogens is 2. The number of ether oxygens (including phenoxy) is 1. The Hall–Kier alpha value is -1.43. The van der Waals surface area contributed by atoms with Crippen molar-refractivity contribution in [3.8, 4) is 17.4 Å². The van der Waals surface area contributed by atoms with Gasteiger partial charge in [-0.3, -0.25) is 0 Å². The Bertz CT molecular complexity index is 656. The molecule has 0 unspecified atom stereocenters. The van der Waals surface area contributed by atoms with Crippen LogP contribution in [0.2, 0.25) is 10.0 Å². The average Bonchev–Trinajstić information content (AvgIpc) is 2.68. The van der Waals surface area contributed by atoms with E-state index in [0.717, 1.165) is 11.3 Å². The van der Waals surface area contributed by atoms with E-state index in [1.807, 2.05) is 6.92 Å². The Morgan fingerprint density at radius 2 is 2.00 bits per heavy atom. The molecule has 0 aliphatic heterocycles. The maximum atomic E-state index is 9.66. The predicted octanol–water partition coefficient (Wildman–Crippen LogP) is 3.46. The zero-order valence-electron chi connectivity index (χ0n) is 11.7. The number of hydrogen-bond acceptors (Lipinski definition) is 4. The van der Waals surface area contributed by atoms with Gasteiger partial charge in [-0.2, -0.15) is 5.10 Å². The van der Waals surface area contributed by atoms with E-state index in [9.17, 15) is 5.11 Å². The highest BCUT2D eigenvalue weighted by Gasteiger charge is 2.17. The molecule has 0 amide bonds. The van der Waals surface area contributed by atoms with Gasteiger partial charge in [-0.15, -0.1) is 0 Å². The van der Waals surface area contributed by atoms with Crippen LogP contribution >= 0.6 is 23.2 Å². The number of phenols is 1. The molecule has 2 aromatic rings. The predicted molar refractivity (Wildman–Crippen MR) is 81.6 cm³/mol. The highest BCUT2D eigenvalue weighted by molar-refractivity contribution is 6.36. The fourth-order valence-corrected chi connectivity index (χ4v) is 2.47. The minimum Gasteiger partial charge on any atom is -0.506 e. The van der Waals surface area contributed by atoms with Crippen molar-refractivity contribution in [1.29, 1.82) is 0 Å². The van der Waals surface area contributed by atoms with Crippen LogP contribution < -0.4 is 4.74 Å². The summed E-state index contributed by atoms with van der Waals surface area (Å²) in [4.78, 5) is 0. The molecule has 0 saturated carbocycles. The molecule has 0 fully saturated rings. The van der Waals surface area contributed by atoms with Crippen molar-refractivity contribution in [3.05, 3.63) is 33.4 Å². The second-order valence-corrected chi connectivity index (χ2v) is 5.47. The molecule has 1 aromatic carbocycles. The molecule has 0 spiro atoms. The molecular formula is C14H16Cl2N2O3. The van der Waals surface area contributed by atoms with E-state index >= 15 is 0 Å². The van der Waals surface area contributed by atoms with E-state index in [-0.39, 0.29) is 17.4 Å². The third-order valence-corrected chi connectivity index (χ3v) is 3.68. The minimum atomic E-state index is -0.105. The maximum Gasteiger partial charge on any atom is 0.221 e. The minimum absolute atomic E-state index is 0.0935. The second kappa shape index (κ2) is 6.56. The van der Waals surface area contributed by atoms with Gasteiger partial charge in [-0.25, -0.2) is 4.68 Å². The van der Waals surface area contributed by atoms with Crippen molar-refractivity contribution in [2.24, 2.45) is 7.05 Å². The van der Waals surface area contributed by atoms with E-state index in [4.69, 9.17) is 33.0 Å². The van der Waals surface area contributed by atoms with Gasteiger partial charge in [0.2, 0.25) is 5.88 Å². The third kappa shape index (κ3) is 3.43. The van der Waals surface area contributed by atoms with Crippen molar-refractivity contribution in [2.45, 2.75) is 19.8 Å². The van der Waals surface area contributed by atoms with Crippen LogP contribution in [0.15, 0.2) is 12.1 Å². The summed E-state index contributed by atoms with van der Waals surface area (Å²) >= 11 is 11.9. The summed E-state index contributed by atoms with van der Waals surface area (Å²) in [6, 6.07) is 2.78. The lowest BCUT2D eigenvalue weighted by atomic mass is 10.1. The van der Waals surface area contributed by atoms with E-state index in [1.165, 1.54) is 12.1 Å². The second-order valence-electron chi connectivity index (χ2n) is 4.66. The Kier molecular flexibility index (Phi) is 4.98. The van der Waals surface area contributed by atoms with Crippen LogP contribution in [0.25, 0.3) is 0 Å². The lowest BCUT2D eigenvalue weighted by molar-refractivity contribution is 0.288. The maximum absolute atomic E-state index is 9.66. The summed E-state index contributed by atoms with van der Waals surface area (Å²) in [5.41, 5.74) is 1.73. The number of aliphatic hydroxyl groups is 1. The zero-order chi connectivity index (χ0) is 15.6. The van der Waals surface area contributed by atoms with Gasteiger partial charge in [-0.1, -0.05) is 23.2 Å². The Morgan fingerprint density at radius 1 is 1.29 bits per heavy atom. The summed E-state index contributed by atoms with van der Waals surface area (Å²) < 4.78 is 7.39. The summed E-state index contributed by atoms with van der Waals surface area (Å²) in [5.74, 6) is 0.725. The van der Waals surface area contributed by atoms with Crippen LogP contribution in [-0.4, -0.2) is 26.6 Å². The van der Waals surface area contributed by atoms with Crippen LogP contribution in [0, 0.1) is 6.92 Å². The molecular weight excluding hydrogens is 315 g/mol. The Labute approximate surface area is 132 Å². The molecule has 0 atom stereocenters. The molecule has 21 heavy (non-hydrogen) atoms. The normalized spacial score (nSPS) is 10.9. The standard InChI is InChI=1S/C14H16Cl2N2O3/c1-8-9(4-3-5-19)14(18(2)17-8)21-13-7-12(20)10(15)6-11(13)16/h6-7,19-20H,3-5H2,1-2H3. The molecule has 1 aromatic heterocycles. The molecule has 0 bridgehead atoms. The van der Waals surface area contributed by atoms with Gasteiger partial charge in [0, 0.05) is 25.3 Å². The van der Waals surface area contributed by atoms with Gasteiger partial charge in [0.25, 0.3) is 0 Å². The highest BCUT2D eigenvalue weighted by Crippen LogP contribution is 2.38. The van der Waals surface area contributed by atoms with Gasteiger partial charge in [-0.05, 0) is 25.8 Å². The van der Waals surface area contributed by atoms with Crippen LogP contribution in [0.5, 0.6) is 17.4 Å². The lowest BCUT2D eigenvalue weighted by Crippen LogP contribution is -1.98. The fourth-order valence-electron chi connectivity index (χ4n) is 2.05. The highest BCUT2D eigenvalue weighted by atomic mass is 35.5. The number of aryl methyl sites for hydroxylation is 2.